The second-order valence-electron chi connectivity index (χ2n) is 6.33. The Balaban J connectivity index is 1.66. The Morgan fingerprint density at radius 2 is 1.74 bits per heavy atom. The predicted molar refractivity (Wildman–Crippen MR) is 102 cm³/mol. The molecule has 27 heavy (non-hydrogen) atoms. The van der Waals surface area contributed by atoms with E-state index in [-0.39, 0.29) is 30.9 Å². The molecule has 0 aliphatic heterocycles. The minimum absolute atomic E-state index is 0.152. The molecule has 0 radical (unpaired) electrons. The Morgan fingerprint density at radius 1 is 1.00 bits per heavy atom. The number of benzene rings is 2. The molecule has 2 aromatic carbocycles. The largest absolute Gasteiger partial charge is 0.454 e. The number of rotatable bonds is 8. The lowest BCUT2D eigenvalue weighted by Crippen LogP contribution is -2.35. The van der Waals surface area contributed by atoms with E-state index in [2.05, 4.69) is 10.6 Å². The third kappa shape index (κ3) is 6.93. The molecule has 0 saturated carbocycles. The van der Waals surface area contributed by atoms with Gasteiger partial charge in [-0.05, 0) is 30.5 Å². The van der Waals surface area contributed by atoms with Gasteiger partial charge in [-0.15, -0.1) is 0 Å². The van der Waals surface area contributed by atoms with Crippen molar-refractivity contribution in [1.29, 1.82) is 0 Å². The van der Waals surface area contributed by atoms with Crippen molar-refractivity contribution in [1.82, 2.24) is 10.6 Å². The second-order valence-corrected chi connectivity index (χ2v) is 6.33. The van der Waals surface area contributed by atoms with Crippen molar-refractivity contribution in [2.24, 2.45) is 0 Å². The number of nitrogens with one attached hydrogen (secondary N) is 2. The van der Waals surface area contributed by atoms with Gasteiger partial charge in [-0.25, -0.2) is 0 Å². The van der Waals surface area contributed by atoms with E-state index >= 15 is 0 Å². The fraction of sp³-hybridized carbons (Fsp3) is 0.286. The smallest absolute Gasteiger partial charge is 0.325 e. The maximum atomic E-state index is 12.0. The molecule has 0 aliphatic rings. The van der Waals surface area contributed by atoms with Gasteiger partial charge in [0.2, 0.25) is 0 Å². The Kier molecular flexibility index (Phi) is 7.55. The van der Waals surface area contributed by atoms with Crippen LogP contribution in [0.1, 0.15) is 34.3 Å². The molecule has 2 rings (SSSR count). The summed E-state index contributed by atoms with van der Waals surface area (Å²) in [6.07, 6.45) is 0. The Morgan fingerprint density at radius 3 is 2.44 bits per heavy atom. The molecule has 0 heterocycles. The number of carbonyl (C=O) groups is 3. The molecule has 2 aromatic rings. The maximum Gasteiger partial charge on any atom is 0.325 e. The molecular formula is C21H24N2O4. The first-order chi connectivity index (χ1) is 13.0. The topological polar surface area (TPSA) is 84.5 Å². The van der Waals surface area contributed by atoms with Crippen molar-refractivity contribution in [3.8, 4) is 0 Å². The SMILES string of the molecule is Cc1cccc(C(=O)NCC(=O)OCC(=O)NC[C@@H](C)c2ccccc2)c1. The quantitative estimate of drug-likeness (QED) is 0.700. The monoisotopic (exact) mass is 368 g/mol. The van der Waals surface area contributed by atoms with Crippen LogP contribution in [0.2, 0.25) is 0 Å². The van der Waals surface area contributed by atoms with E-state index in [1.807, 2.05) is 50.2 Å². The van der Waals surface area contributed by atoms with Crippen LogP contribution in [0.25, 0.3) is 0 Å². The molecule has 0 unspecified atom stereocenters. The van der Waals surface area contributed by atoms with Crippen LogP contribution in [0.5, 0.6) is 0 Å². The van der Waals surface area contributed by atoms with E-state index in [4.69, 9.17) is 4.74 Å². The van der Waals surface area contributed by atoms with Crippen LogP contribution in [-0.2, 0) is 14.3 Å². The number of carbonyl (C=O) groups excluding carboxylic acids is 3. The number of amides is 2. The van der Waals surface area contributed by atoms with Crippen LogP contribution < -0.4 is 10.6 Å². The Hall–Kier alpha value is -3.15. The van der Waals surface area contributed by atoms with Gasteiger partial charge in [0.25, 0.3) is 11.8 Å². The first-order valence-electron chi connectivity index (χ1n) is 8.78. The van der Waals surface area contributed by atoms with Crippen LogP contribution in [0.4, 0.5) is 0 Å². The van der Waals surface area contributed by atoms with Gasteiger partial charge in [-0.1, -0.05) is 55.0 Å². The molecule has 6 heteroatoms. The van der Waals surface area contributed by atoms with Gasteiger partial charge in [0.05, 0.1) is 0 Å². The fourth-order valence-electron chi connectivity index (χ4n) is 2.46. The average Bonchev–Trinajstić information content (AvgIpc) is 2.69. The van der Waals surface area contributed by atoms with E-state index in [0.29, 0.717) is 12.1 Å². The average molecular weight is 368 g/mol. The zero-order valence-corrected chi connectivity index (χ0v) is 15.5. The first kappa shape index (κ1) is 20.2. The van der Waals surface area contributed by atoms with Gasteiger partial charge >= 0.3 is 5.97 Å². The number of ether oxygens (including phenoxy) is 1. The highest BCUT2D eigenvalue weighted by molar-refractivity contribution is 5.96. The van der Waals surface area contributed by atoms with Crippen LogP contribution >= 0.6 is 0 Å². The zero-order chi connectivity index (χ0) is 19.6. The van der Waals surface area contributed by atoms with Crippen LogP contribution in [0, 0.1) is 6.92 Å². The molecule has 1 atom stereocenters. The fourth-order valence-corrected chi connectivity index (χ4v) is 2.46. The summed E-state index contributed by atoms with van der Waals surface area (Å²) < 4.78 is 4.89. The van der Waals surface area contributed by atoms with Gasteiger partial charge in [0.1, 0.15) is 6.54 Å². The third-order valence-electron chi connectivity index (χ3n) is 4.01. The molecule has 0 aromatic heterocycles. The zero-order valence-electron chi connectivity index (χ0n) is 15.5. The summed E-state index contributed by atoms with van der Waals surface area (Å²) >= 11 is 0. The number of esters is 1. The summed E-state index contributed by atoms with van der Waals surface area (Å²) in [6.45, 7) is 3.66. The molecule has 142 valence electrons. The minimum Gasteiger partial charge on any atom is -0.454 e. The third-order valence-corrected chi connectivity index (χ3v) is 4.01. The maximum absolute atomic E-state index is 12.0. The van der Waals surface area contributed by atoms with Crippen LogP contribution in [0.3, 0.4) is 0 Å². The van der Waals surface area contributed by atoms with E-state index < -0.39 is 5.97 Å². The van der Waals surface area contributed by atoms with Crippen molar-refractivity contribution in [2.75, 3.05) is 19.7 Å². The Bertz CT molecular complexity index is 790. The molecule has 6 nitrogen and oxygen atoms in total. The molecular weight excluding hydrogens is 344 g/mol. The van der Waals surface area contributed by atoms with Gasteiger partial charge in [-0.2, -0.15) is 0 Å². The van der Waals surface area contributed by atoms with Gasteiger partial charge in [0, 0.05) is 12.1 Å². The molecule has 2 amide bonds. The second kappa shape index (κ2) is 10.1. The molecule has 0 saturated heterocycles. The highest BCUT2D eigenvalue weighted by Crippen LogP contribution is 2.12. The minimum atomic E-state index is -0.665. The standard InChI is InChI=1S/C21H24N2O4/c1-15-7-6-10-18(11-15)21(26)23-13-20(25)27-14-19(24)22-12-16(2)17-8-4-3-5-9-17/h3-11,16H,12-14H2,1-2H3,(H,22,24)(H,23,26)/t16-/m1/s1. The van der Waals surface area contributed by atoms with E-state index in [0.717, 1.165) is 11.1 Å². The highest BCUT2D eigenvalue weighted by Gasteiger charge is 2.12. The van der Waals surface area contributed by atoms with Gasteiger partial charge in [-0.3, -0.25) is 14.4 Å². The summed E-state index contributed by atoms with van der Waals surface area (Å²) in [5, 5.41) is 5.21. The van der Waals surface area contributed by atoms with E-state index in [1.54, 1.807) is 18.2 Å². The van der Waals surface area contributed by atoms with Crippen molar-refractivity contribution < 1.29 is 19.1 Å². The Labute approximate surface area is 158 Å². The summed E-state index contributed by atoms with van der Waals surface area (Å²) in [7, 11) is 0. The number of hydrogen-bond acceptors (Lipinski definition) is 4. The number of aryl methyl sites for hydroxylation is 1. The molecule has 0 bridgehead atoms. The van der Waals surface area contributed by atoms with E-state index in [9.17, 15) is 14.4 Å². The van der Waals surface area contributed by atoms with Crippen LogP contribution in [0.15, 0.2) is 54.6 Å². The lowest BCUT2D eigenvalue weighted by Gasteiger charge is -2.13. The normalized spacial score (nSPS) is 11.3. The summed E-state index contributed by atoms with van der Waals surface area (Å²) in [5.74, 6) is -1.25. The van der Waals surface area contributed by atoms with Crippen molar-refractivity contribution in [2.45, 2.75) is 19.8 Å². The summed E-state index contributed by atoms with van der Waals surface area (Å²) in [4.78, 5) is 35.5. The van der Waals surface area contributed by atoms with Gasteiger partial charge < -0.3 is 15.4 Å². The predicted octanol–water partition coefficient (Wildman–Crippen LogP) is 2.19. The molecule has 2 N–H and O–H groups in total. The van der Waals surface area contributed by atoms with Crippen molar-refractivity contribution >= 4 is 17.8 Å². The molecule has 0 aliphatic carbocycles. The lowest BCUT2D eigenvalue weighted by molar-refractivity contribution is -0.147. The lowest BCUT2D eigenvalue weighted by atomic mass is 10.0. The van der Waals surface area contributed by atoms with Crippen molar-refractivity contribution in [3.05, 3.63) is 71.3 Å². The molecule has 0 fully saturated rings. The molecule has 0 spiro atoms. The van der Waals surface area contributed by atoms with Crippen molar-refractivity contribution in [3.63, 3.8) is 0 Å². The first-order valence-corrected chi connectivity index (χ1v) is 8.78. The summed E-state index contributed by atoms with van der Waals surface area (Å²) in [6, 6.07) is 16.8. The van der Waals surface area contributed by atoms with E-state index in [1.165, 1.54) is 0 Å². The van der Waals surface area contributed by atoms with Gasteiger partial charge in [0.15, 0.2) is 6.61 Å². The number of hydrogen-bond donors (Lipinski definition) is 2. The van der Waals surface area contributed by atoms with Crippen LogP contribution in [-0.4, -0.2) is 37.5 Å². The highest BCUT2D eigenvalue weighted by atomic mass is 16.5. The summed E-state index contributed by atoms with van der Waals surface area (Å²) in [5.41, 5.74) is 2.54.